The predicted octanol–water partition coefficient (Wildman–Crippen LogP) is 1.22. The molecule has 0 saturated heterocycles. The van der Waals surface area contributed by atoms with Crippen LogP contribution in [0.3, 0.4) is 0 Å². The fraction of sp³-hybridized carbons (Fsp3) is 0.263. The Morgan fingerprint density at radius 2 is 1.62 bits per heavy atom. The minimum absolute atomic E-state index is 0.0727. The van der Waals surface area contributed by atoms with E-state index in [1.165, 1.54) is 18.8 Å². The summed E-state index contributed by atoms with van der Waals surface area (Å²) < 4.78 is 13.1. The van der Waals surface area contributed by atoms with E-state index in [4.69, 9.17) is 9.47 Å². The lowest BCUT2D eigenvalue weighted by atomic mass is 10.2. The zero-order chi connectivity index (χ0) is 18.7. The zero-order valence-electron chi connectivity index (χ0n) is 14.6. The molecule has 0 fully saturated rings. The summed E-state index contributed by atoms with van der Waals surface area (Å²) in [6.45, 7) is -0.0899. The van der Waals surface area contributed by atoms with E-state index in [1.807, 2.05) is 30.3 Å². The van der Waals surface area contributed by atoms with Gasteiger partial charge in [0.05, 0.1) is 44.8 Å². The molecule has 26 heavy (non-hydrogen) atoms. The molecular formula is C19H20N2O5. The van der Waals surface area contributed by atoms with E-state index in [1.54, 1.807) is 12.1 Å². The van der Waals surface area contributed by atoms with Gasteiger partial charge in [-0.25, -0.2) is 4.79 Å². The van der Waals surface area contributed by atoms with Crippen molar-refractivity contribution in [2.24, 2.45) is 0 Å². The first-order valence-electron chi connectivity index (χ1n) is 8.15. The lowest BCUT2D eigenvalue weighted by molar-refractivity contribution is 0.270. The molecular weight excluding hydrogens is 336 g/mol. The molecule has 3 aromatic rings. The Hall–Kier alpha value is -3.06. The van der Waals surface area contributed by atoms with Crippen LogP contribution < -0.4 is 20.7 Å². The van der Waals surface area contributed by atoms with Gasteiger partial charge < -0.3 is 14.6 Å². The highest BCUT2D eigenvalue weighted by Crippen LogP contribution is 2.30. The second-order valence-electron chi connectivity index (χ2n) is 5.76. The van der Waals surface area contributed by atoms with Crippen molar-refractivity contribution in [2.75, 3.05) is 20.8 Å². The molecule has 1 N–H and O–H groups in total. The average Bonchev–Trinajstić information content (AvgIpc) is 2.68. The monoisotopic (exact) mass is 356 g/mol. The maximum atomic E-state index is 12.9. The molecule has 0 radical (unpaired) electrons. The van der Waals surface area contributed by atoms with Crippen LogP contribution in [0.15, 0.2) is 52.1 Å². The Labute approximate surface area is 149 Å². The molecule has 0 bridgehead atoms. The van der Waals surface area contributed by atoms with Crippen molar-refractivity contribution in [3.05, 3.63) is 68.9 Å². The third kappa shape index (κ3) is 3.09. The first-order chi connectivity index (χ1) is 12.6. The Balaban J connectivity index is 2.35. The molecule has 3 rings (SSSR count). The van der Waals surface area contributed by atoms with Gasteiger partial charge in [0.2, 0.25) is 0 Å². The van der Waals surface area contributed by atoms with Gasteiger partial charge in [-0.15, -0.1) is 0 Å². The molecule has 7 nitrogen and oxygen atoms in total. The Bertz CT molecular complexity index is 1040. The lowest BCUT2D eigenvalue weighted by Gasteiger charge is -2.16. The van der Waals surface area contributed by atoms with Gasteiger partial charge in [0.1, 0.15) is 0 Å². The fourth-order valence-corrected chi connectivity index (χ4v) is 2.96. The number of hydrogen-bond acceptors (Lipinski definition) is 5. The summed E-state index contributed by atoms with van der Waals surface area (Å²) in [7, 11) is 2.98. The summed E-state index contributed by atoms with van der Waals surface area (Å²) in [6.07, 6.45) is 0. The van der Waals surface area contributed by atoms with E-state index >= 15 is 0 Å². The van der Waals surface area contributed by atoms with Crippen LogP contribution in [0.2, 0.25) is 0 Å². The highest BCUT2D eigenvalue weighted by molar-refractivity contribution is 5.82. The first kappa shape index (κ1) is 17.8. The van der Waals surface area contributed by atoms with Gasteiger partial charge in [-0.1, -0.05) is 30.3 Å². The van der Waals surface area contributed by atoms with Gasteiger partial charge in [-0.3, -0.25) is 13.9 Å². The molecule has 0 spiro atoms. The van der Waals surface area contributed by atoms with E-state index in [9.17, 15) is 14.7 Å². The van der Waals surface area contributed by atoms with Crippen LogP contribution in [-0.4, -0.2) is 35.1 Å². The molecule has 0 aliphatic rings. The minimum atomic E-state index is -0.479. The molecule has 2 aromatic carbocycles. The van der Waals surface area contributed by atoms with E-state index in [0.29, 0.717) is 22.4 Å². The normalized spacial score (nSPS) is 10.9. The quantitative estimate of drug-likeness (QED) is 0.718. The number of aromatic nitrogens is 2. The van der Waals surface area contributed by atoms with Crippen LogP contribution in [0, 0.1) is 0 Å². The standard InChI is InChI=1S/C19H20N2O5/c1-25-16-10-14-15(11-17(16)26-2)21(12-13-6-4-3-5-7-13)19(24)20(8-9-22)18(14)23/h3-7,10-11,22H,8-9,12H2,1-2H3. The third-order valence-corrected chi connectivity index (χ3v) is 4.24. The van der Waals surface area contributed by atoms with Crippen LogP contribution in [0.5, 0.6) is 11.5 Å². The predicted molar refractivity (Wildman–Crippen MR) is 98.2 cm³/mol. The van der Waals surface area contributed by atoms with Gasteiger partial charge in [0.15, 0.2) is 11.5 Å². The van der Waals surface area contributed by atoms with Crippen molar-refractivity contribution < 1.29 is 14.6 Å². The fourth-order valence-electron chi connectivity index (χ4n) is 2.96. The highest BCUT2D eigenvalue weighted by atomic mass is 16.5. The van der Waals surface area contributed by atoms with Gasteiger partial charge in [-0.2, -0.15) is 0 Å². The summed E-state index contributed by atoms with van der Waals surface area (Å²) in [5.41, 5.74) is 0.424. The lowest BCUT2D eigenvalue weighted by Crippen LogP contribution is -2.41. The van der Waals surface area contributed by atoms with Gasteiger partial charge >= 0.3 is 5.69 Å². The van der Waals surface area contributed by atoms with E-state index in [-0.39, 0.29) is 19.7 Å². The summed E-state index contributed by atoms with van der Waals surface area (Å²) >= 11 is 0. The molecule has 136 valence electrons. The van der Waals surface area contributed by atoms with E-state index in [0.717, 1.165) is 10.1 Å². The number of rotatable bonds is 6. The van der Waals surface area contributed by atoms with Crippen LogP contribution >= 0.6 is 0 Å². The summed E-state index contributed by atoms with van der Waals surface area (Å²) in [5.74, 6) is 0.832. The minimum Gasteiger partial charge on any atom is -0.493 e. The topological polar surface area (TPSA) is 82.7 Å². The number of nitrogens with zero attached hydrogens (tertiary/aromatic N) is 2. The second kappa shape index (κ2) is 7.45. The molecule has 0 amide bonds. The Kier molecular flexibility index (Phi) is 5.09. The number of fused-ring (bicyclic) bond motifs is 1. The maximum Gasteiger partial charge on any atom is 0.331 e. The largest absolute Gasteiger partial charge is 0.493 e. The van der Waals surface area contributed by atoms with Gasteiger partial charge in [-0.05, 0) is 11.6 Å². The number of benzene rings is 2. The zero-order valence-corrected chi connectivity index (χ0v) is 14.6. The molecule has 0 unspecified atom stereocenters. The number of methoxy groups -OCH3 is 2. The number of aliphatic hydroxyl groups is 1. The third-order valence-electron chi connectivity index (χ3n) is 4.24. The molecule has 0 saturated carbocycles. The number of ether oxygens (including phenoxy) is 2. The molecule has 0 atom stereocenters. The maximum absolute atomic E-state index is 12.9. The van der Waals surface area contributed by atoms with Crippen molar-refractivity contribution in [1.82, 2.24) is 9.13 Å². The van der Waals surface area contributed by atoms with E-state index < -0.39 is 11.2 Å². The highest BCUT2D eigenvalue weighted by Gasteiger charge is 2.17. The van der Waals surface area contributed by atoms with Crippen LogP contribution in [0.1, 0.15) is 5.56 Å². The molecule has 7 heteroatoms. The van der Waals surface area contributed by atoms with Crippen molar-refractivity contribution in [3.63, 3.8) is 0 Å². The first-order valence-corrected chi connectivity index (χ1v) is 8.15. The van der Waals surface area contributed by atoms with Crippen LogP contribution in [0.25, 0.3) is 10.9 Å². The Morgan fingerprint density at radius 1 is 0.962 bits per heavy atom. The Morgan fingerprint density at radius 3 is 2.23 bits per heavy atom. The number of aliphatic hydroxyl groups excluding tert-OH is 1. The van der Waals surface area contributed by atoms with Crippen molar-refractivity contribution in [3.8, 4) is 11.5 Å². The smallest absolute Gasteiger partial charge is 0.331 e. The molecule has 1 aromatic heterocycles. The number of hydrogen-bond donors (Lipinski definition) is 1. The van der Waals surface area contributed by atoms with Crippen LogP contribution in [-0.2, 0) is 13.1 Å². The second-order valence-corrected chi connectivity index (χ2v) is 5.76. The molecule has 0 aliphatic carbocycles. The van der Waals surface area contributed by atoms with E-state index in [2.05, 4.69) is 0 Å². The summed E-state index contributed by atoms with van der Waals surface area (Å²) in [5, 5.41) is 9.58. The van der Waals surface area contributed by atoms with Gasteiger partial charge in [0.25, 0.3) is 5.56 Å². The van der Waals surface area contributed by atoms with Crippen LogP contribution in [0.4, 0.5) is 0 Å². The summed E-state index contributed by atoms with van der Waals surface area (Å²) in [4.78, 5) is 25.6. The van der Waals surface area contributed by atoms with Gasteiger partial charge in [0, 0.05) is 6.07 Å². The van der Waals surface area contributed by atoms with Crippen molar-refractivity contribution in [1.29, 1.82) is 0 Å². The molecule has 0 aliphatic heterocycles. The van der Waals surface area contributed by atoms with Crippen molar-refractivity contribution in [2.45, 2.75) is 13.1 Å². The SMILES string of the molecule is COc1cc2c(=O)n(CCO)c(=O)n(Cc3ccccc3)c2cc1OC. The van der Waals surface area contributed by atoms with Crippen molar-refractivity contribution >= 4 is 10.9 Å². The average molecular weight is 356 g/mol. The molecule has 1 heterocycles. The summed E-state index contributed by atoms with van der Waals surface area (Å²) in [6, 6.07) is 12.7.